The van der Waals surface area contributed by atoms with Crippen molar-refractivity contribution in [2.45, 2.75) is 25.9 Å². The number of hydrogen-bond acceptors (Lipinski definition) is 4. The Morgan fingerprint density at radius 2 is 2.16 bits per heavy atom. The lowest BCUT2D eigenvalue weighted by Crippen LogP contribution is -2.48. The van der Waals surface area contributed by atoms with Gasteiger partial charge in [0.1, 0.15) is 5.75 Å². The van der Waals surface area contributed by atoms with Gasteiger partial charge in [0.15, 0.2) is 0 Å². The summed E-state index contributed by atoms with van der Waals surface area (Å²) in [6, 6.07) is 4.76. The quantitative estimate of drug-likeness (QED) is 0.866. The van der Waals surface area contributed by atoms with E-state index in [1.54, 1.807) is 7.11 Å². The summed E-state index contributed by atoms with van der Waals surface area (Å²) in [7, 11) is 3.72. The van der Waals surface area contributed by atoms with Gasteiger partial charge in [-0.3, -0.25) is 0 Å². The second-order valence-electron chi connectivity index (χ2n) is 5.01. The predicted octanol–water partition coefficient (Wildman–Crippen LogP) is 1.56. The van der Waals surface area contributed by atoms with E-state index < -0.39 is 0 Å². The van der Waals surface area contributed by atoms with E-state index in [1.807, 2.05) is 13.1 Å². The van der Waals surface area contributed by atoms with Crippen LogP contribution in [0.3, 0.4) is 0 Å². The third kappa shape index (κ3) is 2.91. The summed E-state index contributed by atoms with van der Waals surface area (Å²) in [4.78, 5) is 0. The summed E-state index contributed by atoms with van der Waals surface area (Å²) in [6.45, 7) is 6.72. The van der Waals surface area contributed by atoms with Gasteiger partial charge in [-0.25, -0.2) is 0 Å². The molecule has 1 aliphatic heterocycles. The van der Waals surface area contributed by atoms with Crippen molar-refractivity contribution in [3.8, 4) is 5.75 Å². The van der Waals surface area contributed by atoms with Gasteiger partial charge in [0.2, 0.25) is 0 Å². The van der Waals surface area contributed by atoms with Crippen LogP contribution in [0.5, 0.6) is 5.75 Å². The van der Waals surface area contributed by atoms with Crippen molar-refractivity contribution >= 4 is 0 Å². The fourth-order valence-electron chi connectivity index (χ4n) is 2.75. The van der Waals surface area contributed by atoms with Crippen LogP contribution in [0.25, 0.3) is 0 Å². The van der Waals surface area contributed by atoms with Crippen molar-refractivity contribution in [2.24, 2.45) is 0 Å². The van der Waals surface area contributed by atoms with Crippen LogP contribution in [0.15, 0.2) is 12.1 Å². The van der Waals surface area contributed by atoms with Gasteiger partial charge >= 0.3 is 0 Å². The Morgan fingerprint density at radius 1 is 1.37 bits per heavy atom. The number of hydrogen-bond donors (Lipinski definition) is 2. The maximum Gasteiger partial charge on any atom is 0.122 e. The van der Waals surface area contributed by atoms with Crippen LogP contribution in [-0.2, 0) is 4.74 Å². The third-order valence-corrected chi connectivity index (χ3v) is 4.00. The number of ether oxygens (including phenoxy) is 2. The zero-order valence-corrected chi connectivity index (χ0v) is 12.2. The van der Waals surface area contributed by atoms with Crippen LogP contribution >= 0.6 is 0 Å². The van der Waals surface area contributed by atoms with E-state index in [9.17, 15) is 0 Å². The standard InChI is InChI=1S/C15H24N2O2/c1-10-11(2)14(18-4)6-5-12(10)15(16-3)13-9-19-8-7-17-13/h5-6,13,15-17H,7-9H2,1-4H3. The lowest BCUT2D eigenvalue weighted by Gasteiger charge is -2.32. The summed E-state index contributed by atoms with van der Waals surface area (Å²) in [5.41, 5.74) is 3.80. The molecule has 0 aliphatic carbocycles. The number of rotatable bonds is 4. The fraction of sp³-hybridized carbons (Fsp3) is 0.600. The maximum atomic E-state index is 5.57. The monoisotopic (exact) mass is 264 g/mol. The molecule has 2 unspecified atom stereocenters. The van der Waals surface area contributed by atoms with Crippen LogP contribution in [0.4, 0.5) is 0 Å². The van der Waals surface area contributed by atoms with Crippen LogP contribution < -0.4 is 15.4 Å². The number of benzene rings is 1. The van der Waals surface area contributed by atoms with Crippen molar-refractivity contribution in [1.29, 1.82) is 0 Å². The number of morpholine rings is 1. The molecule has 1 heterocycles. The van der Waals surface area contributed by atoms with Gasteiger partial charge in [0, 0.05) is 12.6 Å². The second-order valence-corrected chi connectivity index (χ2v) is 5.01. The lowest BCUT2D eigenvalue weighted by molar-refractivity contribution is 0.0644. The van der Waals surface area contributed by atoms with E-state index >= 15 is 0 Å². The highest BCUT2D eigenvalue weighted by Crippen LogP contribution is 2.29. The van der Waals surface area contributed by atoms with Crippen molar-refractivity contribution in [3.05, 3.63) is 28.8 Å². The van der Waals surface area contributed by atoms with Crippen LogP contribution in [0, 0.1) is 13.8 Å². The molecule has 19 heavy (non-hydrogen) atoms. The molecule has 4 nitrogen and oxygen atoms in total. The molecule has 2 atom stereocenters. The molecular weight excluding hydrogens is 240 g/mol. The molecule has 2 rings (SSSR count). The zero-order valence-electron chi connectivity index (χ0n) is 12.2. The van der Waals surface area contributed by atoms with Crippen LogP contribution in [-0.4, -0.2) is 40.0 Å². The first-order chi connectivity index (χ1) is 9.19. The highest BCUT2D eigenvalue weighted by molar-refractivity contribution is 5.45. The van der Waals surface area contributed by atoms with Gasteiger partial charge in [-0.2, -0.15) is 0 Å². The Morgan fingerprint density at radius 3 is 2.74 bits per heavy atom. The van der Waals surface area contributed by atoms with E-state index in [4.69, 9.17) is 9.47 Å². The molecule has 0 radical (unpaired) electrons. The van der Waals surface area contributed by atoms with Gasteiger partial charge in [0.05, 0.1) is 26.4 Å². The topological polar surface area (TPSA) is 42.5 Å². The minimum absolute atomic E-state index is 0.255. The normalized spacial score (nSPS) is 21.2. The van der Waals surface area contributed by atoms with Gasteiger partial charge in [0.25, 0.3) is 0 Å². The summed E-state index contributed by atoms with van der Waals surface area (Å²) < 4.78 is 11.0. The first-order valence-electron chi connectivity index (χ1n) is 6.81. The Hall–Kier alpha value is -1.10. The Balaban J connectivity index is 2.30. The van der Waals surface area contributed by atoms with E-state index in [1.165, 1.54) is 16.7 Å². The molecule has 1 aromatic rings. The molecule has 1 aromatic carbocycles. The van der Waals surface area contributed by atoms with Gasteiger partial charge in [-0.05, 0) is 43.7 Å². The molecule has 0 amide bonds. The Bertz CT molecular complexity index is 428. The summed E-state index contributed by atoms with van der Waals surface area (Å²) in [5.74, 6) is 0.948. The van der Waals surface area contributed by atoms with Crippen LogP contribution in [0.2, 0.25) is 0 Å². The average molecular weight is 264 g/mol. The molecule has 0 bridgehead atoms. The molecule has 0 aromatic heterocycles. The number of methoxy groups -OCH3 is 1. The first-order valence-corrected chi connectivity index (χ1v) is 6.81. The minimum atomic E-state index is 0.255. The molecule has 0 saturated carbocycles. The Kier molecular flexibility index (Phi) is 4.80. The third-order valence-electron chi connectivity index (χ3n) is 4.00. The highest BCUT2D eigenvalue weighted by atomic mass is 16.5. The smallest absolute Gasteiger partial charge is 0.122 e. The maximum absolute atomic E-state index is 5.57. The van der Waals surface area contributed by atoms with E-state index in [0.29, 0.717) is 6.04 Å². The zero-order chi connectivity index (χ0) is 13.8. The summed E-state index contributed by atoms with van der Waals surface area (Å²) in [5, 5.41) is 6.94. The Labute approximate surface area is 115 Å². The van der Waals surface area contributed by atoms with E-state index in [2.05, 4.69) is 30.5 Å². The predicted molar refractivity (Wildman–Crippen MR) is 76.9 cm³/mol. The molecule has 1 saturated heterocycles. The fourth-order valence-corrected chi connectivity index (χ4v) is 2.75. The van der Waals surface area contributed by atoms with Gasteiger partial charge < -0.3 is 20.1 Å². The summed E-state index contributed by atoms with van der Waals surface area (Å²) in [6.07, 6.45) is 0. The lowest BCUT2D eigenvalue weighted by atomic mass is 9.92. The molecule has 1 fully saturated rings. The molecular formula is C15H24N2O2. The van der Waals surface area contributed by atoms with Gasteiger partial charge in [-0.1, -0.05) is 6.07 Å². The molecule has 2 N–H and O–H groups in total. The summed E-state index contributed by atoms with van der Waals surface area (Å²) >= 11 is 0. The van der Waals surface area contributed by atoms with E-state index in [0.717, 1.165) is 25.5 Å². The van der Waals surface area contributed by atoms with Crippen molar-refractivity contribution in [1.82, 2.24) is 10.6 Å². The molecule has 1 aliphatic rings. The largest absolute Gasteiger partial charge is 0.496 e. The minimum Gasteiger partial charge on any atom is -0.496 e. The van der Waals surface area contributed by atoms with Crippen LogP contribution in [0.1, 0.15) is 22.7 Å². The molecule has 0 spiro atoms. The van der Waals surface area contributed by atoms with Gasteiger partial charge in [-0.15, -0.1) is 0 Å². The first kappa shape index (κ1) is 14.3. The van der Waals surface area contributed by atoms with Crippen molar-refractivity contribution < 1.29 is 9.47 Å². The second kappa shape index (κ2) is 6.37. The molecule has 4 heteroatoms. The SMILES string of the molecule is CNC(c1ccc(OC)c(C)c1C)C1COCCN1. The number of nitrogens with one attached hydrogen (secondary N) is 2. The van der Waals surface area contributed by atoms with Crippen molar-refractivity contribution in [2.75, 3.05) is 33.9 Å². The number of likely N-dealkylation sites (N-methyl/N-ethyl adjacent to an activating group) is 1. The van der Waals surface area contributed by atoms with E-state index in [-0.39, 0.29) is 6.04 Å². The molecule has 106 valence electrons. The van der Waals surface area contributed by atoms with Crippen molar-refractivity contribution in [3.63, 3.8) is 0 Å². The highest BCUT2D eigenvalue weighted by Gasteiger charge is 2.25. The average Bonchev–Trinajstić information content (AvgIpc) is 2.45.